The SMILES string of the molecule is CN(C)CC(=O)N1CC[C@@H]2[C@@H](CCC(=O)N2CCc2ccccn2)C1. The number of carbonyl (C=O) groups excluding carboxylic acids is 2. The van der Waals surface area contributed by atoms with Gasteiger partial charge in [-0.1, -0.05) is 6.07 Å². The van der Waals surface area contributed by atoms with E-state index in [1.807, 2.05) is 42.1 Å². The van der Waals surface area contributed by atoms with Crippen molar-refractivity contribution >= 4 is 11.8 Å². The lowest BCUT2D eigenvalue weighted by atomic mass is 9.83. The number of pyridine rings is 1. The first kappa shape index (κ1) is 17.9. The lowest BCUT2D eigenvalue weighted by molar-refractivity contribution is -0.144. The van der Waals surface area contributed by atoms with Crippen molar-refractivity contribution in [1.29, 1.82) is 0 Å². The predicted octanol–water partition coefficient (Wildman–Crippen LogP) is 1.03. The number of likely N-dealkylation sites (tertiary alicyclic amines) is 2. The summed E-state index contributed by atoms with van der Waals surface area (Å²) in [6, 6.07) is 6.17. The van der Waals surface area contributed by atoms with Gasteiger partial charge in [-0.15, -0.1) is 0 Å². The molecule has 1 aromatic heterocycles. The molecule has 2 atom stereocenters. The largest absolute Gasteiger partial charge is 0.341 e. The second kappa shape index (κ2) is 7.95. The molecule has 2 saturated heterocycles. The number of piperidine rings is 2. The maximum atomic E-state index is 12.4. The molecule has 6 heteroatoms. The maximum Gasteiger partial charge on any atom is 0.236 e. The minimum Gasteiger partial charge on any atom is -0.341 e. The van der Waals surface area contributed by atoms with E-state index in [9.17, 15) is 9.59 Å². The Balaban J connectivity index is 1.60. The van der Waals surface area contributed by atoms with E-state index >= 15 is 0 Å². The van der Waals surface area contributed by atoms with Gasteiger partial charge in [0.15, 0.2) is 0 Å². The van der Waals surface area contributed by atoms with Crippen LogP contribution in [0.4, 0.5) is 0 Å². The lowest BCUT2D eigenvalue weighted by Crippen LogP contribution is -2.57. The number of likely N-dealkylation sites (N-methyl/N-ethyl adjacent to an activating group) is 1. The van der Waals surface area contributed by atoms with E-state index in [1.165, 1.54) is 0 Å². The lowest BCUT2D eigenvalue weighted by Gasteiger charge is -2.47. The van der Waals surface area contributed by atoms with Gasteiger partial charge in [-0.3, -0.25) is 14.6 Å². The Hall–Kier alpha value is -1.95. The summed E-state index contributed by atoms with van der Waals surface area (Å²) >= 11 is 0. The first-order valence-corrected chi connectivity index (χ1v) is 9.16. The fourth-order valence-corrected chi connectivity index (χ4v) is 4.02. The van der Waals surface area contributed by atoms with Crippen molar-refractivity contribution < 1.29 is 9.59 Å². The Morgan fingerprint density at radius 3 is 2.88 bits per heavy atom. The molecule has 6 nitrogen and oxygen atoms in total. The highest BCUT2D eigenvalue weighted by atomic mass is 16.2. The molecule has 0 bridgehead atoms. The van der Waals surface area contributed by atoms with Crippen molar-refractivity contribution in [2.45, 2.75) is 31.7 Å². The summed E-state index contributed by atoms with van der Waals surface area (Å²) in [6.45, 7) is 2.72. The fourth-order valence-electron chi connectivity index (χ4n) is 4.02. The number of carbonyl (C=O) groups is 2. The minimum absolute atomic E-state index is 0.195. The summed E-state index contributed by atoms with van der Waals surface area (Å²) in [5.41, 5.74) is 1.02. The molecule has 0 saturated carbocycles. The highest BCUT2D eigenvalue weighted by molar-refractivity contribution is 5.79. The standard InChI is InChI=1S/C19H28N4O2/c1-21(2)14-19(25)22-11-9-17-15(13-22)6-7-18(24)23(17)12-8-16-5-3-4-10-20-16/h3-5,10,15,17H,6-9,11-14H2,1-2H3/t15-,17+/m0/s1. The molecule has 3 heterocycles. The van der Waals surface area contributed by atoms with Gasteiger partial charge in [0.2, 0.25) is 11.8 Å². The zero-order chi connectivity index (χ0) is 17.8. The van der Waals surface area contributed by atoms with Crippen molar-refractivity contribution in [2.24, 2.45) is 5.92 Å². The second-order valence-corrected chi connectivity index (χ2v) is 7.39. The minimum atomic E-state index is 0.195. The summed E-state index contributed by atoms with van der Waals surface area (Å²) in [4.78, 5) is 35.1. The third-order valence-corrected chi connectivity index (χ3v) is 5.28. The van der Waals surface area contributed by atoms with Gasteiger partial charge in [-0.25, -0.2) is 0 Å². The summed E-state index contributed by atoms with van der Waals surface area (Å²) in [5.74, 6) is 0.854. The van der Waals surface area contributed by atoms with E-state index in [0.29, 0.717) is 18.9 Å². The van der Waals surface area contributed by atoms with Crippen molar-refractivity contribution in [3.8, 4) is 0 Å². The van der Waals surface area contributed by atoms with Crippen LogP contribution in [0.1, 0.15) is 25.0 Å². The molecule has 0 aliphatic carbocycles. The molecule has 136 valence electrons. The Kier molecular flexibility index (Phi) is 5.68. The first-order valence-electron chi connectivity index (χ1n) is 9.16. The number of hydrogen-bond donors (Lipinski definition) is 0. The van der Waals surface area contributed by atoms with Crippen LogP contribution in [0.25, 0.3) is 0 Å². The molecule has 2 aliphatic rings. The molecule has 3 rings (SSSR count). The average molecular weight is 344 g/mol. The van der Waals surface area contributed by atoms with Crippen LogP contribution >= 0.6 is 0 Å². The van der Waals surface area contributed by atoms with Crippen LogP contribution in [0, 0.1) is 5.92 Å². The third-order valence-electron chi connectivity index (χ3n) is 5.28. The molecule has 2 aliphatic heterocycles. The van der Waals surface area contributed by atoms with Gasteiger partial charge < -0.3 is 14.7 Å². The van der Waals surface area contributed by atoms with Crippen molar-refractivity contribution in [2.75, 3.05) is 40.3 Å². The van der Waals surface area contributed by atoms with Gasteiger partial charge in [0, 0.05) is 50.4 Å². The van der Waals surface area contributed by atoms with Gasteiger partial charge in [-0.2, -0.15) is 0 Å². The molecule has 0 radical (unpaired) electrons. The normalized spacial score (nSPS) is 23.7. The quantitative estimate of drug-likeness (QED) is 0.800. The first-order chi connectivity index (χ1) is 12.0. The third kappa shape index (κ3) is 4.37. The molecular weight excluding hydrogens is 316 g/mol. The number of nitrogens with zero attached hydrogens (tertiary/aromatic N) is 4. The second-order valence-electron chi connectivity index (χ2n) is 7.39. The Bertz CT molecular complexity index is 605. The highest BCUT2D eigenvalue weighted by Crippen LogP contribution is 2.31. The number of rotatable bonds is 5. The van der Waals surface area contributed by atoms with E-state index in [0.717, 1.165) is 44.6 Å². The fraction of sp³-hybridized carbons (Fsp3) is 0.632. The van der Waals surface area contributed by atoms with Gasteiger partial charge in [-0.05, 0) is 45.0 Å². The van der Waals surface area contributed by atoms with Crippen LogP contribution in [-0.4, -0.2) is 77.8 Å². The zero-order valence-electron chi connectivity index (χ0n) is 15.2. The molecule has 0 unspecified atom stereocenters. The Morgan fingerprint density at radius 2 is 2.16 bits per heavy atom. The van der Waals surface area contributed by atoms with Crippen molar-refractivity contribution in [1.82, 2.24) is 19.7 Å². The summed E-state index contributed by atoms with van der Waals surface area (Å²) in [5, 5.41) is 0. The van der Waals surface area contributed by atoms with Gasteiger partial charge in [0.05, 0.1) is 6.54 Å². The van der Waals surface area contributed by atoms with Crippen LogP contribution in [0.3, 0.4) is 0 Å². The van der Waals surface area contributed by atoms with Gasteiger partial charge in [0.25, 0.3) is 0 Å². The van der Waals surface area contributed by atoms with E-state index in [1.54, 1.807) is 6.20 Å². The van der Waals surface area contributed by atoms with Gasteiger partial charge in [0.1, 0.15) is 0 Å². The number of fused-ring (bicyclic) bond motifs is 1. The number of hydrogen-bond acceptors (Lipinski definition) is 4. The molecule has 0 N–H and O–H groups in total. The zero-order valence-corrected chi connectivity index (χ0v) is 15.2. The smallest absolute Gasteiger partial charge is 0.236 e. The molecule has 2 fully saturated rings. The monoisotopic (exact) mass is 344 g/mol. The van der Waals surface area contributed by atoms with E-state index < -0.39 is 0 Å². The topological polar surface area (TPSA) is 56.8 Å². The Labute approximate surface area is 149 Å². The van der Waals surface area contributed by atoms with Gasteiger partial charge >= 0.3 is 0 Å². The number of amides is 2. The van der Waals surface area contributed by atoms with E-state index in [4.69, 9.17) is 0 Å². The van der Waals surface area contributed by atoms with Crippen LogP contribution in [0.15, 0.2) is 24.4 Å². The summed E-state index contributed by atoms with van der Waals surface area (Å²) in [6.07, 6.45) is 4.97. The predicted molar refractivity (Wildman–Crippen MR) is 95.9 cm³/mol. The Morgan fingerprint density at radius 1 is 1.32 bits per heavy atom. The number of aromatic nitrogens is 1. The van der Waals surface area contributed by atoms with Crippen LogP contribution in [-0.2, 0) is 16.0 Å². The maximum absolute atomic E-state index is 12.4. The molecule has 0 aromatic carbocycles. The van der Waals surface area contributed by atoms with Crippen LogP contribution in [0.2, 0.25) is 0 Å². The van der Waals surface area contributed by atoms with Crippen molar-refractivity contribution in [3.05, 3.63) is 30.1 Å². The van der Waals surface area contributed by atoms with Crippen LogP contribution < -0.4 is 0 Å². The molecular formula is C19H28N4O2. The molecule has 25 heavy (non-hydrogen) atoms. The van der Waals surface area contributed by atoms with E-state index in [-0.39, 0.29) is 17.9 Å². The van der Waals surface area contributed by atoms with Crippen LogP contribution in [0.5, 0.6) is 0 Å². The van der Waals surface area contributed by atoms with E-state index in [2.05, 4.69) is 9.88 Å². The highest BCUT2D eigenvalue weighted by Gasteiger charge is 2.40. The molecule has 0 spiro atoms. The van der Waals surface area contributed by atoms with Crippen molar-refractivity contribution in [3.63, 3.8) is 0 Å². The summed E-state index contributed by atoms with van der Waals surface area (Å²) < 4.78 is 0. The summed E-state index contributed by atoms with van der Waals surface area (Å²) in [7, 11) is 3.84. The molecule has 2 amide bonds. The average Bonchev–Trinajstić information content (AvgIpc) is 2.61. The molecule has 1 aromatic rings.